The molecule has 1 heterocycles. The lowest BCUT2D eigenvalue weighted by Gasteiger charge is -2.26. The number of fused-ring (bicyclic) bond motifs is 1. The average Bonchev–Trinajstić information content (AvgIpc) is 2.88. The van der Waals surface area contributed by atoms with E-state index < -0.39 is 23.4 Å². The van der Waals surface area contributed by atoms with Gasteiger partial charge in [-0.05, 0) is 29.8 Å². The van der Waals surface area contributed by atoms with Crippen LogP contribution < -0.4 is 16.4 Å². The molecule has 162 valence electrons. The molecule has 0 spiro atoms. The van der Waals surface area contributed by atoms with Crippen molar-refractivity contribution >= 4 is 29.0 Å². The van der Waals surface area contributed by atoms with Crippen LogP contribution in [-0.2, 0) is 20.9 Å². The molecule has 0 saturated carbocycles. The Balaban J connectivity index is 1.84. The van der Waals surface area contributed by atoms with Gasteiger partial charge in [0.05, 0.1) is 11.4 Å². The number of hydrogen-bond acceptors (Lipinski definition) is 6. The van der Waals surface area contributed by atoms with Crippen LogP contribution in [0, 0.1) is 5.82 Å². The maximum Gasteiger partial charge on any atom is 0.359 e. The van der Waals surface area contributed by atoms with Gasteiger partial charge in [-0.1, -0.05) is 48.5 Å². The van der Waals surface area contributed by atoms with E-state index >= 15 is 0 Å². The molecule has 32 heavy (non-hydrogen) atoms. The van der Waals surface area contributed by atoms with Crippen LogP contribution in [0.1, 0.15) is 16.7 Å². The number of nitrogens with zero attached hydrogens (tertiary/aromatic N) is 2. The van der Waals surface area contributed by atoms with E-state index in [1.165, 1.54) is 30.1 Å². The maximum absolute atomic E-state index is 14.0. The first-order chi connectivity index (χ1) is 15.3. The molecule has 7 nitrogen and oxygen atoms in total. The Bertz CT molecular complexity index is 1230. The largest absolute Gasteiger partial charge is 0.458 e. The second-order valence-electron chi connectivity index (χ2n) is 7.40. The lowest BCUT2D eigenvalue weighted by Crippen LogP contribution is -2.59. The van der Waals surface area contributed by atoms with Gasteiger partial charge < -0.3 is 15.4 Å². The fraction of sp³-hybridized carbons (Fsp3) is 0.125. The molecule has 0 bridgehead atoms. The molecule has 0 aromatic heterocycles. The van der Waals surface area contributed by atoms with E-state index in [9.17, 15) is 14.0 Å². The Hall–Kier alpha value is -4.04. The predicted octanol–water partition coefficient (Wildman–Crippen LogP) is 2.62. The number of carbonyl (C=O) groups is 2. The highest BCUT2D eigenvalue weighted by atomic mass is 19.1. The minimum absolute atomic E-state index is 0.0878. The lowest BCUT2D eigenvalue weighted by atomic mass is 9.98. The zero-order valence-corrected chi connectivity index (χ0v) is 17.3. The van der Waals surface area contributed by atoms with Gasteiger partial charge in [0.2, 0.25) is 0 Å². The van der Waals surface area contributed by atoms with Gasteiger partial charge in [-0.3, -0.25) is 10.5 Å². The minimum Gasteiger partial charge on any atom is -0.458 e. The number of hydrogen-bond donors (Lipinski definition) is 2. The van der Waals surface area contributed by atoms with E-state index in [2.05, 4.69) is 4.99 Å². The van der Waals surface area contributed by atoms with E-state index in [0.29, 0.717) is 22.5 Å². The van der Waals surface area contributed by atoms with Crippen molar-refractivity contribution in [2.24, 2.45) is 10.7 Å². The Morgan fingerprint density at radius 2 is 1.81 bits per heavy atom. The number of amides is 1. The van der Waals surface area contributed by atoms with Gasteiger partial charge in [-0.25, -0.2) is 14.2 Å². The molecule has 1 aliphatic rings. The molecule has 1 amide bonds. The zero-order valence-electron chi connectivity index (χ0n) is 17.3. The molecule has 4 rings (SSSR count). The molecule has 8 heteroatoms. The van der Waals surface area contributed by atoms with Gasteiger partial charge in [0, 0.05) is 23.9 Å². The summed E-state index contributed by atoms with van der Waals surface area (Å²) in [5.74, 6) is -2.34. The van der Waals surface area contributed by atoms with Crippen molar-refractivity contribution in [2.75, 3.05) is 17.7 Å². The fourth-order valence-corrected chi connectivity index (χ4v) is 3.55. The summed E-state index contributed by atoms with van der Waals surface area (Å²) in [6, 6.07) is 19.5. The molecular weight excluding hydrogens is 411 g/mol. The number of esters is 1. The molecule has 0 radical (unpaired) electrons. The monoisotopic (exact) mass is 432 g/mol. The standard InChI is InChI=1S/C24H21FN4O3/c1-29-19-12-6-11-18(26)20(19)21(16-9-5-10-17(25)13-16)28-24(27,22(29)30)23(31)32-14-15-7-3-2-4-8-15/h2-13H,14,26-27H2,1H3. The first kappa shape index (κ1) is 21.2. The number of ether oxygens (including phenoxy) is 1. The van der Waals surface area contributed by atoms with E-state index in [1.807, 2.05) is 6.07 Å². The number of likely N-dealkylation sites (N-methyl/N-ethyl adjacent to an activating group) is 1. The van der Waals surface area contributed by atoms with E-state index in [4.69, 9.17) is 16.2 Å². The molecule has 0 aliphatic carbocycles. The molecule has 0 fully saturated rings. The summed E-state index contributed by atoms with van der Waals surface area (Å²) in [5, 5.41) is 0. The topological polar surface area (TPSA) is 111 Å². The summed E-state index contributed by atoms with van der Waals surface area (Å²) < 4.78 is 19.4. The van der Waals surface area contributed by atoms with E-state index in [0.717, 1.165) is 5.56 Å². The summed E-state index contributed by atoms with van der Waals surface area (Å²) in [4.78, 5) is 32.0. The zero-order chi connectivity index (χ0) is 22.9. The molecule has 0 saturated heterocycles. The highest BCUT2D eigenvalue weighted by Crippen LogP contribution is 2.34. The Kier molecular flexibility index (Phi) is 5.46. The lowest BCUT2D eigenvalue weighted by molar-refractivity contribution is -0.154. The van der Waals surface area contributed by atoms with Crippen LogP contribution in [0.5, 0.6) is 0 Å². The van der Waals surface area contributed by atoms with Gasteiger partial charge in [0.25, 0.3) is 11.6 Å². The second-order valence-corrected chi connectivity index (χ2v) is 7.40. The summed E-state index contributed by atoms with van der Waals surface area (Å²) >= 11 is 0. The third kappa shape index (κ3) is 3.72. The Morgan fingerprint density at radius 1 is 1.09 bits per heavy atom. The fourth-order valence-electron chi connectivity index (χ4n) is 3.55. The van der Waals surface area contributed by atoms with E-state index in [1.54, 1.807) is 48.5 Å². The number of benzene rings is 3. The Morgan fingerprint density at radius 3 is 2.53 bits per heavy atom. The van der Waals surface area contributed by atoms with Crippen LogP contribution in [0.15, 0.2) is 77.8 Å². The quantitative estimate of drug-likeness (QED) is 0.374. The first-order valence-electron chi connectivity index (χ1n) is 9.84. The molecule has 3 aromatic rings. The average molecular weight is 432 g/mol. The molecule has 1 unspecified atom stereocenters. The number of aliphatic imine (C=N–C) groups is 1. The predicted molar refractivity (Wildman–Crippen MR) is 119 cm³/mol. The smallest absolute Gasteiger partial charge is 0.359 e. The summed E-state index contributed by atoms with van der Waals surface area (Å²) in [6.07, 6.45) is 0. The molecule has 1 aliphatic heterocycles. The summed E-state index contributed by atoms with van der Waals surface area (Å²) in [6.45, 7) is -0.0878. The maximum atomic E-state index is 14.0. The third-order valence-electron chi connectivity index (χ3n) is 5.21. The number of benzodiazepines with no additional fused rings is 1. The van der Waals surface area contributed by atoms with Gasteiger partial charge in [-0.15, -0.1) is 0 Å². The van der Waals surface area contributed by atoms with Crippen molar-refractivity contribution in [2.45, 2.75) is 12.3 Å². The van der Waals surface area contributed by atoms with Gasteiger partial charge >= 0.3 is 5.97 Å². The number of anilines is 2. The molecule has 1 atom stereocenters. The third-order valence-corrected chi connectivity index (χ3v) is 5.21. The number of rotatable bonds is 4. The van der Waals surface area contributed by atoms with Gasteiger partial charge in [0.15, 0.2) is 0 Å². The van der Waals surface area contributed by atoms with Gasteiger partial charge in [0.1, 0.15) is 12.4 Å². The van der Waals surface area contributed by atoms with Crippen LogP contribution in [0.25, 0.3) is 0 Å². The van der Waals surface area contributed by atoms with Crippen molar-refractivity contribution in [1.82, 2.24) is 0 Å². The number of carbonyl (C=O) groups excluding carboxylic acids is 2. The number of nitrogens with two attached hydrogens (primary N) is 2. The van der Waals surface area contributed by atoms with E-state index in [-0.39, 0.29) is 12.3 Å². The highest BCUT2D eigenvalue weighted by molar-refractivity contribution is 6.26. The van der Waals surface area contributed by atoms with Crippen molar-refractivity contribution in [3.63, 3.8) is 0 Å². The highest BCUT2D eigenvalue weighted by Gasteiger charge is 2.49. The first-order valence-corrected chi connectivity index (χ1v) is 9.84. The number of nitrogen functional groups attached to an aromatic ring is 1. The van der Waals surface area contributed by atoms with Crippen LogP contribution in [0.3, 0.4) is 0 Å². The molecule has 4 N–H and O–H groups in total. The summed E-state index contributed by atoms with van der Waals surface area (Å²) in [7, 11) is 1.47. The molecule has 3 aromatic carbocycles. The second kappa shape index (κ2) is 8.24. The van der Waals surface area contributed by atoms with Crippen molar-refractivity contribution in [3.8, 4) is 0 Å². The SMILES string of the molecule is CN1C(=O)C(N)(C(=O)OCc2ccccc2)N=C(c2cccc(F)c2)c2c(N)cccc21. The van der Waals surface area contributed by atoms with Crippen LogP contribution >= 0.6 is 0 Å². The van der Waals surface area contributed by atoms with Gasteiger partial charge in [-0.2, -0.15) is 0 Å². The number of halogens is 1. The normalized spacial score (nSPS) is 17.9. The van der Waals surface area contributed by atoms with Crippen molar-refractivity contribution in [3.05, 3.63) is 95.3 Å². The van der Waals surface area contributed by atoms with Crippen LogP contribution in [-0.4, -0.2) is 30.3 Å². The van der Waals surface area contributed by atoms with Crippen molar-refractivity contribution < 1.29 is 18.7 Å². The van der Waals surface area contributed by atoms with Crippen molar-refractivity contribution in [1.29, 1.82) is 0 Å². The Labute approximate surface area is 184 Å². The summed E-state index contributed by atoms with van der Waals surface area (Å²) in [5.41, 5.74) is 12.4. The minimum atomic E-state index is -2.39. The van der Waals surface area contributed by atoms with Crippen LogP contribution in [0.4, 0.5) is 15.8 Å². The molecular formula is C24H21FN4O3. The van der Waals surface area contributed by atoms with Crippen LogP contribution in [0.2, 0.25) is 0 Å².